The van der Waals surface area contributed by atoms with Crippen LogP contribution >= 0.6 is 0 Å². The van der Waals surface area contributed by atoms with Crippen LogP contribution in [0.3, 0.4) is 0 Å². The van der Waals surface area contributed by atoms with Gasteiger partial charge in [-0.25, -0.2) is 14.2 Å². The third-order valence-electron chi connectivity index (χ3n) is 4.13. The number of benzene rings is 1. The number of aromatic nitrogens is 5. The van der Waals surface area contributed by atoms with Gasteiger partial charge in [-0.2, -0.15) is 0 Å². The molecule has 0 bridgehead atoms. The first-order valence-electron chi connectivity index (χ1n) is 7.69. The SMILES string of the molecule is Cn1cc(NC(=O)N2CCC[C@@H]2c2nc3ccc(F)cc3[nH]2)nn1. The molecule has 0 aliphatic carbocycles. The first-order chi connectivity index (χ1) is 11.6. The number of fused-ring (bicyclic) bond motifs is 1. The van der Waals surface area contributed by atoms with Crippen molar-refractivity contribution < 1.29 is 9.18 Å². The molecule has 0 spiro atoms. The van der Waals surface area contributed by atoms with Crippen LogP contribution in [0.5, 0.6) is 0 Å². The predicted octanol–water partition coefficient (Wildman–Crippen LogP) is 2.20. The van der Waals surface area contributed by atoms with E-state index in [-0.39, 0.29) is 17.9 Å². The van der Waals surface area contributed by atoms with Crippen molar-refractivity contribution in [3.05, 3.63) is 36.0 Å². The normalized spacial score (nSPS) is 17.6. The molecule has 1 aromatic carbocycles. The van der Waals surface area contributed by atoms with E-state index in [1.54, 1.807) is 24.2 Å². The number of carbonyl (C=O) groups excluding carboxylic acids is 1. The summed E-state index contributed by atoms with van der Waals surface area (Å²) in [5.41, 5.74) is 1.32. The van der Waals surface area contributed by atoms with Crippen molar-refractivity contribution in [2.24, 2.45) is 7.05 Å². The molecule has 1 atom stereocenters. The van der Waals surface area contributed by atoms with Gasteiger partial charge in [0.2, 0.25) is 0 Å². The molecule has 3 aromatic rings. The Morgan fingerprint density at radius 3 is 3.12 bits per heavy atom. The van der Waals surface area contributed by atoms with Crippen LogP contribution in [0.2, 0.25) is 0 Å². The van der Waals surface area contributed by atoms with Gasteiger partial charge >= 0.3 is 6.03 Å². The zero-order chi connectivity index (χ0) is 16.7. The largest absolute Gasteiger partial charge is 0.340 e. The third kappa shape index (κ3) is 2.57. The summed E-state index contributed by atoms with van der Waals surface area (Å²) in [6.45, 7) is 0.627. The van der Waals surface area contributed by atoms with E-state index in [1.807, 2.05) is 0 Å². The van der Waals surface area contributed by atoms with Crippen LogP contribution in [0.25, 0.3) is 11.0 Å². The van der Waals surface area contributed by atoms with E-state index in [4.69, 9.17) is 0 Å². The van der Waals surface area contributed by atoms with Crippen molar-refractivity contribution in [1.82, 2.24) is 29.9 Å². The average molecular weight is 329 g/mol. The molecule has 2 N–H and O–H groups in total. The van der Waals surface area contributed by atoms with Crippen molar-refractivity contribution >= 4 is 22.9 Å². The maximum atomic E-state index is 13.3. The average Bonchev–Trinajstić information content (AvgIpc) is 3.25. The summed E-state index contributed by atoms with van der Waals surface area (Å²) < 4.78 is 14.9. The molecule has 1 aliphatic heterocycles. The Bertz CT molecular complexity index is 902. The number of rotatable bonds is 2. The molecule has 9 heteroatoms. The molecule has 0 radical (unpaired) electrons. The minimum Gasteiger partial charge on any atom is -0.340 e. The Hall–Kier alpha value is -2.97. The molecular weight excluding hydrogens is 313 g/mol. The fourth-order valence-electron chi connectivity index (χ4n) is 3.04. The molecule has 0 unspecified atom stereocenters. The summed E-state index contributed by atoms with van der Waals surface area (Å²) in [7, 11) is 1.73. The van der Waals surface area contributed by atoms with E-state index >= 15 is 0 Å². The smallest absolute Gasteiger partial charge is 0.323 e. The summed E-state index contributed by atoms with van der Waals surface area (Å²) in [5, 5.41) is 10.4. The molecule has 0 saturated carbocycles. The zero-order valence-corrected chi connectivity index (χ0v) is 13.0. The number of hydrogen-bond acceptors (Lipinski definition) is 4. The second-order valence-electron chi connectivity index (χ2n) is 5.84. The topological polar surface area (TPSA) is 91.7 Å². The molecule has 1 aliphatic rings. The molecule has 4 rings (SSSR count). The third-order valence-corrected chi connectivity index (χ3v) is 4.13. The minimum atomic E-state index is -0.318. The quantitative estimate of drug-likeness (QED) is 0.754. The number of nitrogens with one attached hydrogen (secondary N) is 2. The number of carbonyl (C=O) groups is 1. The number of amides is 2. The molecule has 8 nitrogen and oxygen atoms in total. The van der Waals surface area contributed by atoms with Crippen molar-refractivity contribution in [1.29, 1.82) is 0 Å². The van der Waals surface area contributed by atoms with Crippen LogP contribution in [-0.2, 0) is 7.05 Å². The number of H-pyrrole nitrogens is 1. The van der Waals surface area contributed by atoms with Crippen LogP contribution in [-0.4, -0.2) is 42.4 Å². The van der Waals surface area contributed by atoms with Gasteiger partial charge in [0.25, 0.3) is 0 Å². The highest BCUT2D eigenvalue weighted by Crippen LogP contribution is 2.31. The number of hydrogen-bond donors (Lipinski definition) is 2. The Morgan fingerprint density at radius 1 is 1.46 bits per heavy atom. The Labute approximate surface area is 136 Å². The predicted molar refractivity (Wildman–Crippen MR) is 84.8 cm³/mol. The Balaban J connectivity index is 1.58. The van der Waals surface area contributed by atoms with E-state index < -0.39 is 0 Å². The van der Waals surface area contributed by atoms with Gasteiger partial charge in [-0.1, -0.05) is 5.21 Å². The van der Waals surface area contributed by atoms with Crippen LogP contribution in [0.15, 0.2) is 24.4 Å². The van der Waals surface area contributed by atoms with Crippen LogP contribution in [0.4, 0.5) is 15.0 Å². The van der Waals surface area contributed by atoms with Gasteiger partial charge in [0, 0.05) is 13.6 Å². The molecular formula is C15H16FN7O. The zero-order valence-electron chi connectivity index (χ0n) is 13.0. The highest BCUT2D eigenvalue weighted by Gasteiger charge is 2.32. The Kier molecular flexibility index (Phi) is 3.40. The number of aryl methyl sites for hydroxylation is 1. The summed E-state index contributed by atoms with van der Waals surface area (Å²) in [4.78, 5) is 21.9. The van der Waals surface area contributed by atoms with E-state index in [9.17, 15) is 9.18 Å². The lowest BCUT2D eigenvalue weighted by Gasteiger charge is -2.22. The van der Waals surface area contributed by atoms with Gasteiger partial charge in [0.1, 0.15) is 11.6 Å². The second-order valence-corrected chi connectivity index (χ2v) is 5.84. The van der Waals surface area contributed by atoms with Crippen molar-refractivity contribution in [3.63, 3.8) is 0 Å². The monoisotopic (exact) mass is 329 g/mol. The number of urea groups is 1. The molecule has 2 amide bonds. The van der Waals surface area contributed by atoms with Gasteiger partial charge in [0.15, 0.2) is 5.82 Å². The summed E-state index contributed by atoms with van der Waals surface area (Å²) >= 11 is 0. The van der Waals surface area contributed by atoms with Crippen LogP contribution < -0.4 is 5.32 Å². The molecule has 2 aromatic heterocycles. The highest BCUT2D eigenvalue weighted by atomic mass is 19.1. The minimum absolute atomic E-state index is 0.169. The van der Waals surface area contributed by atoms with Gasteiger partial charge in [0.05, 0.1) is 23.3 Å². The van der Waals surface area contributed by atoms with Crippen LogP contribution in [0.1, 0.15) is 24.7 Å². The summed E-state index contributed by atoms with van der Waals surface area (Å²) in [6, 6.07) is 4.00. The maximum Gasteiger partial charge on any atom is 0.323 e. The van der Waals surface area contributed by atoms with Gasteiger partial charge in [-0.05, 0) is 31.0 Å². The first-order valence-corrected chi connectivity index (χ1v) is 7.69. The number of aromatic amines is 1. The summed E-state index contributed by atoms with van der Waals surface area (Å²) in [6.07, 6.45) is 3.31. The summed E-state index contributed by atoms with van der Waals surface area (Å²) in [5.74, 6) is 0.753. The lowest BCUT2D eigenvalue weighted by molar-refractivity contribution is 0.205. The number of nitrogens with zero attached hydrogens (tertiary/aromatic N) is 5. The Morgan fingerprint density at radius 2 is 2.33 bits per heavy atom. The van der Waals surface area contributed by atoms with Gasteiger partial charge < -0.3 is 9.88 Å². The van der Waals surface area contributed by atoms with E-state index in [0.717, 1.165) is 12.8 Å². The molecule has 1 saturated heterocycles. The standard InChI is InChI=1S/C15H16FN7O/c1-22-8-13(20-21-22)19-15(24)23-6-2-3-12(23)14-17-10-5-4-9(16)7-11(10)18-14/h4-5,7-8,12H,2-3,6H2,1H3,(H,17,18)(H,19,24)/t12-/m1/s1. The molecule has 1 fully saturated rings. The fraction of sp³-hybridized carbons (Fsp3) is 0.333. The number of likely N-dealkylation sites (tertiary alicyclic amines) is 1. The first kappa shape index (κ1) is 14.6. The fourth-order valence-corrected chi connectivity index (χ4v) is 3.04. The van der Waals surface area contributed by atoms with Crippen molar-refractivity contribution in [2.45, 2.75) is 18.9 Å². The van der Waals surface area contributed by atoms with Crippen molar-refractivity contribution in [2.75, 3.05) is 11.9 Å². The van der Waals surface area contributed by atoms with E-state index in [2.05, 4.69) is 25.6 Å². The second kappa shape index (κ2) is 5.59. The van der Waals surface area contributed by atoms with Gasteiger partial charge in [-0.15, -0.1) is 5.10 Å². The lowest BCUT2D eigenvalue weighted by atomic mass is 10.2. The van der Waals surface area contributed by atoms with Gasteiger partial charge in [-0.3, -0.25) is 10.00 Å². The molecule has 3 heterocycles. The number of anilines is 1. The van der Waals surface area contributed by atoms with E-state index in [0.29, 0.717) is 29.2 Å². The number of halogens is 1. The van der Waals surface area contributed by atoms with Crippen LogP contribution in [0, 0.1) is 5.82 Å². The van der Waals surface area contributed by atoms with Crippen molar-refractivity contribution in [3.8, 4) is 0 Å². The highest BCUT2D eigenvalue weighted by molar-refractivity contribution is 5.88. The lowest BCUT2D eigenvalue weighted by Crippen LogP contribution is -2.35. The number of imidazole rings is 1. The molecule has 24 heavy (non-hydrogen) atoms. The maximum absolute atomic E-state index is 13.3. The van der Waals surface area contributed by atoms with E-state index in [1.165, 1.54) is 16.8 Å². The molecule has 124 valence electrons.